The second-order valence-corrected chi connectivity index (χ2v) is 4.97. The number of para-hydroxylation sites is 1. The lowest BCUT2D eigenvalue weighted by Gasteiger charge is -2.21. The highest BCUT2D eigenvalue weighted by molar-refractivity contribution is 5.36. The van der Waals surface area contributed by atoms with E-state index >= 15 is 0 Å². The Hall–Kier alpha value is -1.28. The standard InChI is InChI=1S/C17H27NO/c1-5-13-18-16(12-11-14(3)4)15-9-7-8-10-17(15)19-6-2/h7-10,16,18H,3,5-6,11-13H2,1-2,4H3. The number of nitrogens with one attached hydrogen (secondary N) is 1. The largest absolute Gasteiger partial charge is 0.494 e. The molecular weight excluding hydrogens is 234 g/mol. The van der Waals surface area contributed by atoms with Gasteiger partial charge in [-0.3, -0.25) is 0 Å². The van der Waals surface area contributed by atoms with Crippen LogP contribution < -0.4 is 10.1 Å². The van der Waals surface area contributed by atoms with Crippen molar-refractivity contribution in [1.29, 1.82) is 0 Å². The maximum absolute atomic E-state index is 5.74. The Labute approximate surface area is 117 Å². The van der Waals surface area contributed by atoms with Gasteiger partial charge in [0.05, 0.1) is 6.61 Å². The van der Waals surface area contributed by atoms with E-state index in [0.29, 0.717) is 12.6 Å². The summed E-state index contributed by atoms with van der Waals surface area (Å²) in [7, 11) is 0. The number of ether oxygens (including phenoxy) is 1. The lowest BCUT2D eigenvalue weighted by Crippen LogP contribution is -2.22. The van der Waals surface area contributed by atoms with Crippen LogP contribution in [0.15, 0.2) is 36.4 Å². The molecule has 0 aliphatic rings. The van der Waals surface area contributed by atoms with E-state index in [9.17, 15) is 0 Å². The normalized spacial score (nSPS) is 12.2. The maximum Gasteiger partial charge on any atom is 0.124 e. The lowest BCUT2D eigenvalue weighted by molar-refractivity contribution is 0.329. The summed E-state index contributed by atoms with van der Waals surface area (Å²) in [5.41, 5.74) is 2.50. The molecule has 1 aromatic carbocycles. The molecule has 1 unspecified atom stereocenters. The minimum Gasteiger partial charge on any atom is -0.494 e. The predicted molar refractivity (Wildman–Crippen MR) is 82.7 cm³/mol. The van der Waals surface area contributed by atoms with Crippen LogP contribution in [-0.4, -0.2) is 13.2 Å². The van der Waals surface area contributed by atoms with E-state index in [1.807, 2.05) is 13.0 Å². The monoisotopic (exact) mass is 261 g/mol. The summed E-state index contributed by atoms with van der Waals surface area (Å²) < 4.78 is 5.74. The van der Waals surface area contributed by atoms with Crippen molar-refractivity contribution in [2.45, 2.75) is 46.1 Å². The van der Waals surface area contributed by atoms with Crippen LogP contribution in [0.2, 0.25) is 0 Å². The average Bonchev–Trinajstić information content (AvgIpc) is 2.40. The Kier molecular flexibility index (Phi) is 7.27. The Bertz CT molecular complexity index is 387. The first-order valence-electron chi connectivity index (χ1n) is 7.28. The molecule has 0 bridgehead atoms. The first-order chi connectivity index (χ1) is 9.19. The Balaban J connectivity index is 2.85. The molecule has 0 aliphatic carbocycles. The Morgan fingerprint density at radius 1 is 1.32 bits per heavy atom. The molecule has 0 heterocycles. The fourth-order valence-corrected chi connectivity index (χ4v) is 2.13. The minimum atomic E-state index is 0.347. The van der Waals surface area contributed by atoms with Crippen LogP contribution in [0.5, 0.6) is 5.75 Å². The molecular formula is C17H27NO. The average molecular weight is 261 g/mol. The van der Waals surface area contributed by atoms with Crippen molar-refractivity contribution in [3.05, 3.63) is 42.0 Å². The molecule has 0 aromatic heterocycles. The second kappa shape index (κ2) is 8.76. The van der Waals surface area contributed by atoms with E-state index < -0.39 is 0 Å². The molecule has 2 nitrogen and oxygen atoms in total. The molecule has 0 radical (unpaired) electrons. The number of benzene rings is 1. The fourth-order valence-electron chi connectivity index (χ4n) is 2.13. The molecule has 0 aliphatic heterocycles. The van der Waals surface area contributed by atoms with E-state index in [1.165, 1.54) is 11.1 Å². The van der Waals surface area contributed by atoms with Crippen LogP contribution in [-0.2, 0) is 0 Å². The van der Waals surface area contributed by atoms with Gasteiger partial charge in [0.1, 0.15) is 5.75 Å². The van der Waals surface area contributed by atoms with Crippen molar-refractivity contribution in [3.63, 3.8) is 0 Å². The molecule has 0 amide bonds. The number of rotatable bonds is 9. The molecule has 0 spiro atoms. The third-order valence-electron chi connectivity index (χ3n) is 3.09. The van der Waals surface area contributed by atoms with E-state index in [2.05, 4.69) is 43.9 Å². The van der Waals surface area contributed by atoms with Gasteiger partial charge in [-0.25, -0.2) is 0 Å². The van der Waals surface area contributed by atoms with Gasteiger partial charge in [0.25, 0.3) is 0 Å². The van der Waals surface area contributed by atoms with Gasteiger partial charge in [-0.15, -0.1) is 6.58 Å². The number of allylic oxidation sites excluding steroid dienone is 1. The van der Waals surface area contributed by atoms with Crippen LogP contribution >= 0.6 is 0 Å². The molecule has 19 heavy (non-hydrogen) atoms. The van der Waals surface area contributed by atoms with Gasteiger partial charge in [0.15, 0.2) is 0 Å². The smallest absolute Gasteiger partial charge is 0.124 e. The van der Waals surface area contributed by atoms with Crippen molar-refractivity contribution < 1.29 is 4.74 Å². The van der Waals surface area contributed by atoms with Crippen molar-refractivity contribution >= 4 is 0 Å². The minimum absolute atomic E-state index is 0.347. The van der Waals surface area contributed by atoms with Crippen LogP contribution in [0.25, 0.3) is 0 Å². The third kappa shape index (κ3) is 5.48. The zero-order valence-corrected chi connectivity index (χ0v) is 12.5. The fraction of sp³-hybridized carbons (Fsp3) is 0.529. The van der Waals surface area contributed by atoms with E-state index in [4.69, 9.17) is 4.74 Å². The molecule has 1 atom stereocenters. The molecule has 0 saturated heterocycles. The zero-order chi connectivity index (χ0) is 14.1. The van der Waals surface area contributed by atoms with Crippen molar-refractivity contribution in [2.75, 3.05) is 13.2 Å². The zero-order valence-electron chi connectivity index (χ0n) is 12.5. The van der Waals surface area contributed by atoms with E-state index in [-0.39, 0.29) is 0 Å². The van der Waals surface area contributed by atoms with Crippen molar-refractivity contribution in [3.8, 4) is 5.75 Å². The highest BCUT2D eigenvalue weighted by Gasteiger charge is 2.15. The van der Waals surface area contributed by atoms with Gasteiger partial charge < -0.3 is 10.1 Å². The van der Waals surface area contributed by atoms with Crippen LogP contribution in [0.4, 0.5) is 0 Å². The quantitative estimate of drug-likeness (QED) is 0.662. The molecule has 2 heteroatoms. The summed E-state index contributed by atoms with van der Waals surface area (Å²) in [6.07, 6.45) is 3.25. The summed E-state index contributed by atoms with van der Waals surface area (Å²) in [6, 6.07) is 8.68. The van der Waals surface area contributed by atoms with Gasteiger partial charge in [0.2, 0.25) is 0 Å². The highest BCUT2D eigenvalue weighted by Crippen LogP contribution is 2.29. The topological polar surface area (TPSA) is 21.3 Å². The van der Waals surface area contributed by atoms with Gasteiger partial charge in [-0.05, 0) is 45.7 Å². The molecule has 0 saturated carbocycles. The first kappa shape index (κ1) is 15.8. The molecule has 1 N–H and O–H groups in total. The SMILES string of the molecule is C=C(C)CCC(NCCC)c1ccccc1OCC. The van der Waals surface area contributed by atoms with Gasteiger partial charge in [0, 0.05) is 11.6 Å². The summed E-state index contributed by atoms with van der Waals surface area (Å²) >= 11 is 0. The molecule has 0 fully saturated rings. The summed E-state index contributed by atoms with van der Waals surface area (Å²) in [4.78, 5) is 0. The van der Waals surface area contributed by atoms with Crippen molar-refractivity contribution in [1.82, 2.24) is 5.32 Å². The lowest BCUT2D eigenvalue weighted by atomic mass is 9.99. The van der Waals surface area contributed by atoms with Crippen LogP contribution in [0.3, 0.4) is 0 Å². The van der Waals surface area contributed by atoms with Gasteiger partial charge in [-0.1, -0.05) is 30.7 Å². The summed E-state index contributed by atoms with van der Waals surface area (Å²) in [6.45, 7) is 12.0. The van der Waals surface area contributed by atoms with Gasteiger partial charge in [-0.2, -0.15) is 0 Å². The van der Waals surface area contributed by atoms with Crippen molar-refractivity contribution in [2.24, 2.45) is 0 Å². The highest BCUT2D eigenvalue weighted by atomic mass is 16.5. The van der Waals surface area contributed by atoms with Crippen LogP contribution in [0.1, 0.15) is 51.6 Å². The van der Waals surface area contributed by atoms with E-state index in [1.54, 1.807) is 0 Å². The number of hydrogen-bond donors (Lipinski definition) is 1. The predicted octanol–water partition coefficient (Wildman–Crippen LogP) is 4.48. The Morgan fingerprint density at radius 3 is 2.68 bits per heavy atom. The van der Waals surface area contributed by atoms with Gasteiger partial charge >= 0.3 is 0 Å². The maximum atomic E-state index is 5.74. The Morgan fingerprint density at radius 2 is 2.05 bits per heavy atom. The van der Waals surface area contributed by atoms with E-state index in [0.717, 1.165) is 31.6 Å². The third-order valence-corrected chi connectivity index (χ3v) is 3.09. The van der Waals surface area contributed by atoms with Crippen LogP contribution in [0, 0.1) is 0 Å². The molecule has 1 rings (SSSR count). The second-order valence-electron chi connectivity index (χ2n) is 4.97. The summed E-state index contributed by atoms with van der Waals surface area (Å²) in [5, 5.41) is 3.62. The first-order valence-corrected chi connectivity index (χ1v) is 7.28. The molecule has 1 aromatic rings. The molecule has 106 valence electrons. The number of hydrogen-bond acceptors (Lipinski definition) is 2. The summed E-state index contributed by atoms with van der Waals surface area (Å²) in [5.74, 6) is 1.00.